The molecule has 0 saturated heterocycles. The Balaban J connectivity index is 0.00000817. The van der Waals surface area contributed by atoms with E-state index in [2.05, 4.69) is 48.5 Å². The van der Waals surface area contributed by atoms with Gasteiger partial charge in [0.05, 0.1) is 7.11 Å². The molecule has 0 saturated carbocycles. The second-order valence-electron chi connectivity index (χ2n) is 20.2. The number of Topliss-reactive ketones (excluding diaryl/α,β-unsaturated/α-hetero) is 2. The summed E-state index contributed by atoms with van der Waals surface area (Å²) in [4.78, 5) is 75.0. The van der Waals surface area contributed by atoms with Gasteiger partial charge in [0.25, 0.3) is 0 Å². The molecule has 0 N–H and O–H groups in total. The Morgan fingerprint density at radius 2 is 1.36 bits per heavy atom. The Labute approximate surface area is 409 Å². The summed E-state index contributed by atoms with van der Waals surface area (Å²) in [5, 5.41) is 0. The van der Waals surface area contributed by atoms with Gasteiger partial charge in [0.1, 0.15) is 12.5 Å². The maximum Gasteiger partial charge on any atom is 2.00 e. The van der Waals surface area contributed by atoms with Crippen LogP contribution < -0.4 is 9.97 Å². The minimum Gasteiger partial charge on any atom is -0.657 e. The largest absolute Gasteiger partial charge is 2.00 e. The Bertz CT molecular complexity index is 2460. The monoisotopic (exact) mass is 919 g/mol. The summed E-state index contributed by atoms with van der Waals surface area (Å²) in [6.45, 7) is 23.3. The number of rotatable bonds is 20. The number of aromatic nitrogens is 4. The minimum absolute atomic E-state index is 0. The van der Waals surface area contributed by atoms with E-state index in [-0.39, 0.29) is 77.3 Å². The molecule has 7 atom stereocenters. The van der Waals surface area contributed by atoms with E-state index >= 15 is 0 Å². The topological polar surface area (TPSA) is 141 Å². The summed E-state index contributed by atoms with van der Waals surface area (Å²) in [6, 6.07) is 5.79. The molecule has 2 aliphatic heterocycles. The van der Waals surface area contributed by atoms with Crippen LogP contribution in [0.5, 0.6) is 0 Å². The number of fused-ring (bicyclic) bond motifs is 8. The van der Waals surface area contributed by atoms with Crippen molar-refractivity contribution in [1.82, 2.24) is 19.9 Å². The molecule has 8 bridgehead atoms. The van der Waals surface area contributed by atoms with Gasteiger partial charge >= 0.3 is 35.0 Å². The number of carbonyl (C=O) groups excluding carboxylic acids is 4. The molecule has 3 aromatic rings. The Morgan fingerprint density at radius 1 is 0.773 bits per heavy atom. The van der Waals surface area contributed by atoms with Gasteiger partial charge in [-0.15, -0.1) is 22.1 Å². The molecule has 5 heterocycles. The van der Waals surface area contributed by atoms with Crippen LogP contribution in [0, 0.1) is 31.6 Å². The van der Waals surface area contributed by atoms with Crippen LogP contribution in [0.15, 0.2) is 29.8 Å². The second-order valence-corrected chi connectivity index (χ2v) is 20.2. The van der Waals surface area contributed by atoms with Gasteiger partial charge in [0, 0.05) is 64.0 Å². The van der Waals surface area contributed by atoms with Crippen molar-refractivity contribution in [2.24, 2.45) is 17.8 Å². The van der Waals surface area contributed by atoms with Crippen LogP contribution in [0.2, 0.25) is 0 Å². The van der Waals surface area contributed by atoms with E-state index in [1.165, 1.54) is 57.6 Å². The first kappa shape index (κ1) is 52.9. The fourth-order valence-corrected chi connectivity index (χ4v) is 10.6. The second kappa shape index (κ2) is 23.3. The molecule has 1 aliphatic carbocycles. The first-order valence-electron chi connectivity index (χ1n) is 24.6. The normalized spacial score (nSPS) is 20.0. The molecule has 10 nitrogen and oxygen atoms in total. The molecule has 0 spiro atoms. The third kappa shape index (κ3) is 11.8. The van der Waals surface area contributed by atoms with Gasteiger partial charge in [-0.2, -0.15) is 0 Å². The van der Waals surface area contributed by atoms with E-state index in [4.69, 9.17) is 29.4 Å². The summed E-state index contributed by atoms with van der Waals surface area (Å²) in [5.41, 5.74) is 9.10. The smallest absolute Gasteiger partial charge is 0.657 e. The number of esters is 2. The molecule has 6 rings (SSSR count). The van der Waals surface area contributed by atoms with E-state index in [0.717, 1.165) is 48.0 Å². The molecule has 66 heavy (non-hydrogen) atoms. The van der Waals surface area contributed by atoms with Crippen molar-refractivity contribution in [3.63, 3.8) is 0 Å². The Hall–Kier alpha value is -4.09. The van der Waals surface area contributed by atoms with Crippen LogP contribution in [0.1, 0.15) is 229 Å². The molecule has 0 aromatic carbocycles. The molecular formula is C55H74MgN4O6. The van der Waals surface area contributed by atoms with Gasteiger partial charge in [0.15, 0.2) is 11.6 Å². The number of hydrogen-bond acceptors (Lipinski definition) is 8. The molecule has 0 unspecified atom stereocenters. The zero-order valence-electron chi connectivity index (χ0n) is 42.1. The quantitative estimate of drug-likeness (QED) is 0.0353. The summed E-state index contributed by atoms with van der Waals surface area (Å²) >= 11 is 0. The Morgan fingerprint density at radius 3 is 2.00 bits per heavy atom. The van der Waals surface area contributed by atoms with Gasteiger partial charge in [0.2, 0.25) is 0 Å². The summed E-state index contributed by atoms with van der Waals surface area (Å²) < 4.78 is 11.0. The average Bonchev–Trinajstić information content (AvgIpc) is 4.00. The average molecular weight is 919 g/mol. The van der Waals surface area contributed by atoms with Crippen molar-refractivity contribution < 1.29 is 28.7 Å². The zero-order valence-corrected chi connectivity index (χ0v) is 43.5. The first-order chi connectivity index (χ1) is 30.9. The summed E-state index contributed by atoms with van der Waals surface area (Å²) in [7, 11) is 1.28. The number of hydrogen-bond donors (Lipinski definition) is 0. The van der Waals surface area contributed by atoms with E-state index in [0.29, 0.717) is 68.0 Å². The van der Waals surface area contributed by atoms with E-state index in [1.54, 1.807) is 6.92 Å². The fraction of sp³-hybridized carbons (Fsp3) is 0.600. The standard InChI is InChI=1S/C55H75N4O6.Mg/c1-13-39-34(7)41-29-46-48(38(11)60)36(9)43(57-46)27-42-35(8)40(52(58-42)50-51(55(63)64-12)54(62)49-37(10)44(59-53(49)50)28-45(39)56-41)23-24-47(61)65-26-25-33(6)22-16-21-32(5)20-15-19-31(4)18-14-17-30(2)3;/h25,27-32,34-35,39-40,51H,13-24,26H2,1-12H3,(H-,56,57,58,59,60,62);/q-1;+2/p-1/b33-25+;/t31-,32-,34-,35+,39-,40+,51-;/m1./s1/i27+1,28+1,29+1,45+1,46+1,50+1,52+1,53+1;. The van der Waals surface area contributed by atoms with Gasteiger partial charge in [-0.1, -0.05) is 128 Å². The number of ketones is 2. The zero-order chi connectivity index (χ0) is 47.3. The molecule has 11 heteroatoms. The summed E-state index contributed by atoms with van der Waals surface area (Å²) in [5.74, 6) is -0.869. The molecule has 0 amide bonds. The molecule has 3 aromatic heterocycles. The van der Waals surface area contributed by atoms with E-state index in [1.807, 2.05) is 45.0 Å². The number of ether oxygens (including phenoxy) is 2. The predicted molar refractivity (Wildman–Crippen MR) is 265 cm³/mol. The van der Waals surface area contributed by atoms with Gasteiger partial charge in [-0.05, 0) is 82.8 Å². The molecular weight excluding hydrogens is 845 g/mol. The first-order valence-corrected chi connectivity index (χ1v) is 24.6. The molecule has 3 aliphatic rings. The van der Waals surface area contributed by atoms with Gasteiger partial charge in [-0.25, -0.2) is 0 Å². The molecule has 0 fully saturated rings. The van der Waals surface area contributed by atoms with Crippen molar-refractivity contribution in [1.29, 1.82) is 0 Å². The minimum atomic E-state index is -1.25. The van der Waals surface area contributed by atoms with Gasteiger partial charge in [-0.3, -0.25) is 29.1 Å². The SMILES string of the molecule is CC[C@@H]1[C@@H](C)c2[13cH][13c]3[n-]c([13cH]c4n[13c]([13c]5[13c]6[n-]c([13cH][13c]1n2)c(C)c6C(=O)[C@@H]5C(=O)OC)[C@@H](CCC(=O)OC/C=C(\C)CCC[C@H](C)CCC[C@H](C)CCCC(C)C)[C@@H]4C)c(C)c3C(C)=O.[Mg+2]. The van der Waals surface area contributed by atoms with Crippen molar-refractivity contribution in [3.05, 3.63) is 80.4 Å². The van der Waals surface area contributed by atoms with Gasteiger partial charge < -0.3 is 19.4 Å². The van der Waals surface area contributed by atoms with Crippen LogP contribution in [-0.2, 0) is 19.1 Å². The van der Waals surface area contributed by atoms with Crippen LogP contribution in [0.25, 0.3) is 22.1 Å². The van der Waals surface area contributed by atoms with E-state index in [9.17, 15) is 19.2 Å². The maximum atomic E-state index is 14.4. The number of carbonyl (C=O) groups is 4. The number of allylic oxidation sites excluding steroid dienone is 1. The Kier molecular flexibility index (Phi) is 18.6. The fourth-order valence-electron chi connectivity index (χ4n) is 10.6. The summed E-state index contributed by atoms with van der Waals surface area (Å²) in [6.07, 6.45) is 14.5. The van der Waals surface area contributed by atoms with Crippen LogP contribution >= 0.6 is 0 Å². The molecule has 0 radical (unpaired) electrons. The van der Waals surface area contributed by atoms with E-state index < -0.39 is 11.9 Å². The van der Waals surface area contributed by atoms with Crippen molar-refractivity contribution >= 4 is 68.6 Å². The van der Waals surface area contributed by atoms with Crippen LogP contribution in [-0.4, -0.2) is 70.2 Å². The molecule has 352 valence electrons. The van der Waals surface area contributed by atoms with Crippen LogP contribution in [0.3, 0.4) is 0 Å². The maximum absolute atomic E-state index is 14.4. The van der Waals surface area contributed by atoms with Crippen molar-refractivity contribution in [2.45, 2.75) is 183 Å². The number of methoxy groups -OCH3 is 1. The third-order valence-electron chi connectivity index (χ3n) is 14.8. The van der Waals surface area contributed by atoms with Crippen LogP contribution in [0.4, 0.5) is 0 Å². The van der Waals surface area contributed by atoms with Crippen molar-refractivity contribution in [2.75, 3.05) is 13.7 Å². The predicted octanol–water partition coefficient (Wildman–Crippen LogP) is 12.4. The van der Waals surface area contributed by atoms with Crippen molar-refractivity contribution in [3.8, 4) is 0 Å². The number of aryl methyl sites for hydroxylation is 2. The third-order valence-corrected chi connectivity index (χ3v) is 14.8. The number of nitrogens with zero attached hydrogens (tertiary/aromatic N) is 4.